The molecule has 22 heavy (non-hydrogen) atoms. The summed E-state index contributed by atoms with van der Waals surface area (Å²) < 4.78 is 4.84. The molecule has 0 aliphatic heterocycles. The quantitative estimate of drug-likeness (QED) is 0.280. The molecule has 0 unspecified atom stereocenters. The lowest BCUT2D eigenvalue weighted by Gasteiger charge is -2.01. The van der Waals surface area contributed by atoms with Gasteiger partial charge in [0.15, 0.2) is 0 Å². The third-order valence-corrected chi connectivity index (χ3v) is 3.64. The predicted molar refractivity (Wildman–Crippen MR) is 86.2 cm³/mol. The number of rotatable bonds is 4. The van der Waals surface area contributed by atoms with Crippen molar-refractivity contribution in [2.45, 2.75) is 32.6 Å². The fourth-order valence-corrected chi connectivity index (χ4v) is 2.50. The summed E-state index contributed by atoms with van der Waals surface area (Å²) in [6, 6.07) is 7.15. The van der Waals surface area contributed by atoms with E-state index in [1.807, 2.05) is 6.07 Å². The highest BCUT2D eigenvalue weighted by Crippen LogP contribution is 2.23. The number of hydrogen-bond donors (Lipinski definition) is 0. The Morgan fingerprint density at radius 1 is 1.27 bits per heavy atom. The van der Waals surface area contributed by atoms with E-state index in [0.29, 0.717) is 23.7 Å². The van der Waals surface area contributed by atoms with Gasteiger partial charge in [-0.25, -0.2) is 4.79 Å². The lowest BCUT2D eigenvalue weighted by Crippen LogP contribution is -2.01. The van der Waals surface area contributed by atoms with Crippen LogP contribution in [-0.4, -0.2) is 18.4 Å². The molecular weight excluding hydrogens is 276 g/mol. The van der Waals surface area contributed by atoms with Crippen LogP contribution in [0.1, 0.15) is 48.5 Å². The van der Waals surface area contributed by atoms with Crippen molar-refractivity contribution in [2.75, 3.05) is 6.61 Å². The van der Waals surface area contributed by atoms with E-state index in [4.69, 9.17) is 4.74 Å². The maximum Gasteiger partial charge on any atom is 0.330 e. The van der Waals surface area contributed by atoms with Crippen molar-refractivity contribution in [3.63, 3.8) is 0 Å². The molecule has 114 valence electrons. The van der Waals surface area contributed by atoms with Gasteiger partial charge in [0.2, 0.25) is 5.78 Å². The molecule has 1 aromatic rings. The molecule has 0 aromatic heterocycles. The minimum absolute atomic E-state index is 0.198. The van der Waals surface area contributed by atoms with Crippen molar-refractivity contribution < 1.29 is 14.3 Å². The van der Waals surface area contributed by atoms with Crippen LogP contribution < -0.4 is 0 Å². The highest BCUT2D eigenvalue weighted by atomic mass is 16.5. The number of esters is 1. The largest absolute Gasteiger partial charge is 0.463 e. The molecule has 3 nitrogen and oxygen atoms in total. The number of hydrogen-bond acceptors (Lipinski definition) is 3. The van der Waals surface area contributed by atoms with Crippen LogP contribution in [0.25, 0.3) is 6.08 Å². The second-order valence-electron chi connectivity index (χ2n) is 5.25. The molecule has 0 heterocycles. The Labute approximate surface area is 131 Å². The first-order chi connectivity index (χ1) is 10.7. The van der Waals surface area contributed by atoms with Crippen LogP contribution in [0.15, 0.2) is 30.3 Å². The molecule has 1 aliphatic carbocycles. The normalized spacial score (nSPS) is 14.6. The Kier molecular flexibility index (Phi) is 5.97. The van der Waals surface area contributed by atoms with E-state index < -0.39 is 5.97 Å². The zero-order valence-corrected chi connectivity index (χ0v) is 12.8. The first kappa shape index (κ1) is 16.0. The molecular formula is C19H20O3. The second kappa shape index (κ2) is 8.19. The summed E-state index contributed by atoms with van der Waals surface area (Å²) in [6.07, 6.45) is 7.51. The van der Waals surface area contributed by atoms with Crippen molar-refractivity contribution in [1.82, 2.24) is 0 Å². The molecule has 0 spiro atoms. The molecule has 1 saturated carbocycles. The molecule has 0 radical (unpaired) electrons. The fraction of sp³-hybridized carbons (Fsp3) is 0.368. The Hall–Kier alpha value is -2.34. The maximum absolute atomic E-state index is 12.3. The molecule has 0 saturated heterocycles. The Morgan fingerprint density at radius 2 is 2.00 bits per heavy atom. The second-order valence-corrected chi connectivity index (χ2v) is 5.25. The molecule has 1 aromatic carbocycles. The van der Waals surface area contributed by atoms with Crippen molar-refractivity contribution in [1.29, 1.82) is 0 Å². The lowest BCUT2D eigenvalue weighted by molar-refractivity contribution is -0.137. The van der Waals surface area contributed by atoms with Crippen LogP contribution in [-0.2, 0) is 9.53 Å². The molecule has 0 atom stereocenters. The van der Waals surface area contributed by atoms with E-state index in [2.05, 4.69) is 11.8 Å². The minimum atomic E-state index is -0.415. The number of carbonyl (C=O) groups excluding carboxylic acids is 2. The maximum atomic E-state index is 12.3. The summed E-state index contributed by atoms with van der Waals surface area (Å²) in [4.78, 5) is 23.6. The summed E-state index contributed by atoms with van der Waals surface area (Å²) in [6.45, 7) is 2.08. The number of ketones is 1. The Morgan fingerprint density at radius 3 is 2.73 bits per heavy atom. The van der Waals surface area contributed by atoms with Crippen molar-refractivity contribution in [3.8, 4) is 11.8 Å². The van der Waals surface area contributed by atoms with Gasteiger partial charge >= 0.3 is 5.97 Å². The SMILES string of the molecule is CCOC(=O)/C=C/c1ccccc1C(=O)C#CC1CCCC1. The van der Waals surface area contributed by atoms with Gasteiger partial charge in [-0.05, 0) is 43.4 Å². The fourth-order valence-electron chi connectivity index (χ4n) is 2.50. The molecule has 2 rings (SSSR count). The third-order valence-electron chi connectivity index (χ3n) is 3.64. The third kappa shape index (κ3) is 4.60. The van der Waals surface area contributed by atoms with Crippen LogP contribution in [0.2, 0.25) is 0 Å². The molecule has 1 fully saturated rings. The number of Topliss-reactive ketones (excluding diaryl/α,β-unsaturated/α-hetero) is 1. The van der Waals surface area contributed by atoms with Gasteiger partial charge in [-0.2, -0.15) is 0 Å². The summed E-state index contributed by atoms with van der Waals surface area (Å²) in [5, 5.41) is 0. The highest BCUT2D eigenvalue weighted by Gasteiger charge is 2.13. The van der Waals surface area contributed by atoms with Crippen LogP contribution in [0, 0.1) is 17.8 Å². The van der Waals surface area contributed by atoms with E-state index in [-0.39, 0.29) is 5.78 Å². The highest BCUT2D eigenvalue weighted by molar-refractivity contribution is 6.11. The van der Waals surface area contributed by atoms with Gasteiger partial charge in [0, 0.05) is 17.6 Å². The van der Waals surface area contributed by atoms with Gasteiger partial charge in [-0.3, -0.25) is 4.79 Å². The van der Waals surface area contributed by atoms with Crippen LogP contribution >= 0.6 is 0 Å². The van der Waals surface area contributed by atoms with Gasteiger partial charge in [0.25, 0.3) is 0 Å². The summed E-state index contributed by atoms with van der Waals surface area (Å²) >= 11 is 0. The predicted octanol–water partition coefficient (Wildman–Crippen LogP) is 3.64. The standard InChI is InChI=1S/C19H20O3/c1-2-22-19(21)14-12-16-9-5-6-10-17(16)18(20)13-11-15-7-3-4-8-15/h5-6,9-10,12,14-15H,2-4,7-8H2,1H3/b14-12+. The lowest BCUT2D eigenvalue weighted by atomic mass is 10.0. The van der Waals surface area contributed by atoms with Gasteiger partial charge in [0.1, 0.15) is 0 Å². The molecule has 0 N–H and O–H groups in total. The van der Waals surface area contributed by atoms with Crippen molar-refractivity contribution in [3.05, 3.63) is 41.5 Å². The van der Waals surface area contributed by atoms with Crippen LogP contribution in [0.5, 0.6) is 0 Å². The summed E-state index contributed by atoms with van der Waals surface area (Å²) in [5.41, 5.74) is 1.20. The zero-order valence-electron chi connectivity index (χ0n) is 12.8. The Balaban J connectivity index is 2.13. The Bertz CT molecular complexity index is 626. The summed E-state index contributed by atoms with van der Waals surface area (Å²) in [5.74, 6) is 5.57. The van der Waals surface area contributed by atoms with Gasteiger partial charge in [-0.1, -0.05) is 37.0 Å². The van der Waals surface area contributed by atoms with E-state index in [0.717, 1.165) is 12.8 Å². The monoisotopic (exact) mass is 296 g/mol. The average Bonchev–Trinajstić information content (AvgIpc) is 3.04. The topological polar surface area (TPSA) is 43.4 Å². The zero-order chi connectivity index (χ0) is 15.8. The molecule has 1 aliphatic rings. The van der Waals surface area contributed by atoms with Gasteiger partial charge < -0.3 is 4.74 Å². The van der Waals surface area contributed by atoms with Crippen molar-refractivity contribution in [2.24, 2.45) is 5.92 Å². The van der Waals surface area contributed by atoms with E-state index >= 15 is 0 Å². The molecule has 0 bridgehead atoms. The van der Waals surface area contributed by atoms with E-state index in [1.165, 1.54) is 18.9 Å². The molecule has 0 amide bonds. The minimum Gasteiger partial charge on any atom is -0.463 e. The van der Waals surface area contributed by atoms with Crippen LogP contribution in [0.4, 0.5) is 0 Å². The smallest absolute Gasteiger partial charge is 0.330 e. The first-order valence-corrected chi connectivity index (χ1v) is 7.70. The van der Waals surface area contributed by atoms with Crippen LogP contribution in [0.3, 0.4) is 0 Å². The number of ether oxygens (including phenoxy) is 1. The van der Waals surface area contributed by atoms with Crippen molar-refractivity contribution >= 4 is 17.8 Å². The average molecular weight is 296 g/mol. The number of benzene rings is 1. The van der Waals surface area contributed by atoms with Gasteiger partial charge in [0.05, 0.1) is 6.61 Å². The number of carbonyl (C=O) groups is 2. The molecule has 3 heteroatoms. The van der Waals surface area contributed by atoms with Gasteiger partial charge in [-0.15, -0.1) is 0 Å². The van der Waals surface area contributed by atoms with E-state index in [9.17, 15) is 9.59 Å². The first-order valence-electron chi connectivity index (χ1n) is 7.70. The van der Waals surface area contributed by atoms with E-state index in [1.54, 1.807) is 31.2 Å². The summed E-state index contributed by atoms with van der Waals surface area (Å²) in [7, 11) is 0.